The molecule has 0 amide bonds. The second-order valence-corrected chi connectivity index (χ2v) is 5.02. The van der Waals surface area contributed by atoms with Gasteiger partial charge < -0.3 is 0 Å². The van der Waals surface area contributed by atoms with E-state index in [2.05, 4.69) is 27.9 Å². The van der Waals surface area contributed by atoms with Crippen LogP contribution in [0.4, 0.5) is 0 Å². The fourth-order valence-corrected chi connectivity index (χ4v) is 2.46. The van der Waals surface area contributed by atoms with Crippen molar-refractivity contribution >= 4 is 22.4 Å². The molecule has 0 fully saturated rings. The Morgan fingerprint density at radius 1 is 1.10 bits per heavy atom. The van der Waals surface area contributed by atoms with E-state index < -0.39 is 0 Å². The topological polar surface area (TPSA) is 38.7 Å². The molecule has 0 aliphatic heterocycles. The van der Waals surface area contributed by atoms with Crippen molar-refractivity contribution in [3.05, 3.63) is 53.4 Å². The summed E-state index contributed by atoms with van der Waals surface area (Å²) in [6.45, 7) is 2.12. The summed E-state index contributed by atoms with van der Waals surface area (Å²) in [6, 6.07) is 11.9. The number of nitrogens with zero attached hydrogens (tertiary/aromatic N) is 3. The smallest absolute Gasteiger partial charge is 0.180 e. The maximum Gasteiger partial charge on any atom is 0.180 e. The summed E-state index contributed by atoms with van der Waals surface area (Å²) < 4.78 is 0. The molecule has 0 atom stereocenters. The largest absolute Gasteiger partial charge is 0.252 e. The third-order valence-corrected chi connectivity index (χ3v) is 3.33. The van der Waals surface area contributed by atoms with Crippen molar-refractivity contribution in [2.24, 2.45) is 0 Å². The first-order valence-corrected chi connectivity index (χ1v) is 7.03. The van der Waals surface area contributed by atoms with Crippen molar-refractivity contribution in [1.82, 2.24) is 15.0 Å². The minimum absolute atomic E-state index is 0.466. The zero-order chi connectivity index (χ0) is 13.9. The van der Waals surface area contributed by atoms with E-state index in [0.29, 0.717) is 11.0 Å². The average molecular weight is 284 g/mol. The lowest BCUT2D eigenvalue weighted by Crippen LogP contribution is -1.98. The fourth-order valence-electron chi connectivity index (χ4n) is 2.25. The Morgan fingerprint density at radius 3 is 2.80 bits per heavy atom. The number of fused-ring (bicyclic) bond motifs is 1. The van der Waals surface area contributed by atoms with Crippen LogP contribution in [0.25, 0.3) is 22.3 Å². The van der Waals surface area contributed by atoms with Gasteiger partial charge in [-0.3, -0.25) is 4.98 Å². The number of hydrogen-bond acceptors (Lipinski definition) is 3. The molecule has 0 spiro atoms. The molecule has 0 radical (unpaired) electrons. The Hall–Kier alpha value is -2.00. The van der Waals surface area contributed by atoms with E-state index >= 15 is 0 Å². The first-order valence-electron chi connectivity index (χ1n) is 6.65. The van der Waals surface area contributed by atoms with Gasteiger partial charge in [0.2, 0.25) is 0 Å². The third kappa shape index (κ3) is 2.49. The molecule has 2 heterocycles. The molecule has 100 valence electrons. The van der Waals surface area contributed by atoms with Crippen LogP contribution < -0.4 is 0 Å². The molecule has 3 nitrogen and oxygen atoms in total. The van der Waals surface area contributed by atoms with Gasteiger partial charge in [-0.15, -0.1) is 0 Å². The van der Waals surface area contributed by atoms with Gasteiger partial charge in [0.15, 0.2) is 5.82 Å². The number of benzene rings is 1. The van der Waals surface area contributed by atoms with Crippen molar-refractivity contribution in [2.45, 2.75) is 19.8 Å². The Balaban J connectivity index is 2.20. The van der Waals surface area contributed by atoms with Gasteiger partial charge in [-0.1, -0.05) is 49.2 Å². The summed E-state index contributed by atoms with van der Waals surface area (Å²) >= 11 is 6.11. The second-order valence-electron chi connectivity index (χ2n) is 4.64. The highest BCUT2D eigenvalue weighted by Gasteiger charge is 2.10. The molecule has 0 saturated carbocycles. The SMILES string of the molecule is CCCc1cc(Cl)nc(-c2nccc3ccccc23)n1. The lowest BCUT2D eigenvalue weighted by molar-refractivity contribution is 0.874. The quantitative estimate of drug-likeness (QED) is 0.673. The number of aryl methyl sites for hydroxylation is 1. The minimum atomic E-state index is 0.466. The van der Waals surface area contributed by atoms with E-state index in [1.54, 1.807) is 6.20 Å². The molecular formula is C16H14ClN3. The molecule has 0 N–H and O–H groups in total. The average Bonchev–Trinajstić information content (AvgIpc) is 2.46. The van der Waals surface area contributed by atoms with Crippen molar-refractivity contribution in [1.29, 1.82) is 0 Å². The van der Waals surface area contributed by atoms with Crippen molar-refractivity contribution in [3.63, 3.8) is 0 Å². The van der Waals surface area contributed by atoms with Crippen LogP contribution in [-0.2, 0) is 6.42 Å². The number of rotatable bonds is 3. The lowest BCUT2D eigenvalue weighted by atomic mass is 10.1. The molecule has 0 unspecified atom stereocenters. The number of aromatic nitrogens is 3. The Morgan fingerprint density at radius 2 is 1.95 bits per heavy atom. The molecule has 0 aliphatic rings. The van der Waals surface area contributed by atoms with Crippen molar-refractivity contribution in [2.75, 3.05) is 0 Å². The molecule has 3 rings (SSSR count). The monoisotopic (exact) mass is 283 g/mol. The van der Waals surface area contributed by atoms with Crippen LogP contribution in [0.1, 0.15) is 19.0 Å². The van der Waals surface area contributed by atoms with Gasteiger partial charge in [-0.25, -0.2) is 9.97 Å². The van der Waals surface area contributed by atoms with Crippen LogP contribution in [0.2, 0.25) is 5.15 Å². The Kier molecular flexibility index (Phi) is 3.61. The lowest BCUT2D eigenvalue weighted by Gasteiger charge is -2.06. The van der Waals surface area contributed by atoms with Crippen LogP contribution >= 0.6 is 11.6 Å². The summed E-state index contributed by atoms with van der Waals surface area (Å²) in [5, 5.41) is 2.63. The van der Waals surface area contributed by atoms with E-state index in [1.165, 1.54) is 0 Å². The molecule has 3 aromatic rings. The van der Waals surface area contributed by atoms with Crippen molar-refractivity contribution < 1.29 is 0 Å². The van der Waals surface area contributed by atoms with Crippen LogP contribution in [-0.4, -0.2) is 15.0 Å². The van der Waals surface area contributed by atoms with Gasteiger partial charge in [0.05, 0.1) is 0 Å². The van der Waals surface area contributed by atoms with Crippen LogP contribution in [0.15, 0.2) is 42.6 Å². The summed E-state index contributed by atoms with van der Waals surface area (Å²) in [6.07, 6.45) is 3.69. The molecule has 20 heavy (non-hydrogen) atoms. The van der Waals surface area contributed by atoms with Crippen LogP contribution in [0.3, 0.4) is 0 Å². The van der Waals surface area contributed by atoms with E-state index in [9.17, 15) is 0 Å². The van der Waals surface area contributed by atoms with Crippen LogP contribution in [0, 0.1) is 0 Å². The van der Waals surface area contributed by atoms with Gasteiger partial charge in [-0.05, 0) is 23.9 Å². The normalized spacial score (nSPS) is 10.9. The van der Waals surface area contributed by atoms with Crippen molar-refractivity contribution in [3.8, 4) is 11.5 Å². The molecule has 0 saturated heterocycles. The van der Waals surface area contributed by atoms with Gasteiger partial charge in [0.1, 0.15) is 10.8 Å². The van der Waals surface area contributed by atoms with Crippen LogP contribution in [0.5, 0.6) is 0 Å². The highest BCUT2D eigenvalue weighted by molar-refractivity contribution is 6.29. The van der Waals surface area contributed by atoms with Gasteiger partial charge in [-0.2, -0.15) is 0 Å². The first-order chi connectivity index (χ1) is 9.78. The maximum atomic E-state index is 6.11. The number of pyridine rings is 1. The minimum Gasteiger partial charge on any atom is -0.252 e. The molecule has 1 aromatic carbocycles. The van der Waals surface area contributed by atoms with E-state index in [1.807, 2.05) is 30.3 Å². The molecular weight excluding hydrogens is 270 g/mol. The predicted molar refractivity (Wildman–Crippen MR) is 81.8 cm³/mol. The molecule has 0 aliphatic carbocycles. The second kappa shape index (κ2) is 5.55. The number of halogens is 1. The van der Waals surface area contributed by atoms with Gasteiger partial charge >= 0.3 is 0 Å². The Bertz CT molecular complexity index is 750. The highest BCUT2D eigenvalue weighted by Crippen LogP contribution is 2.25. The Labute approximate surface area is 122 Å². The van der Waals surface area contributed by atoms with E-state index in [0.717, 1.165) is 35.0 Å². The third-order valence-electron chi connectivity index (χ3n) is 3.14. The predicted octanol–water partition coefficient (Wildman–Crippen LogP) is 4.30. The molecule has 0 bridgehead atoms. The number of hydrogen-bond donors (Lipinski definition) is 0. The zero-order valence-corrected chi connectivity index (χ0v) is 11.9. The zero-order valence-electron chi connectivity index (χ0n) is 11.2. The fraction of sp³-hybridized carbons (Fsp3) is 0.188. The first kappa shape index (κ1) is 13.0. The summed E-state index contributed by atoms with van der Waals surface area (Å²) in [5.74, 6) is 0.595. The summed E-state index contributed by atoms with van der Waals surface area (Å²) in [4.78, 5) is 13.3. The van der Waals surface area contributed by atoms with Gasteiger partial charge in [0, 0.05) is 17.3 Å². The van der Waals surface area contributed by atoms with Gasteiger partial charge in [0.25, 0.3) is 0 Å². The summed E-state index contributed by atoms with van der Waals surface area (Å²) in [7, 11) is 0. The standard InChI is InChI=1S/C16H14ClN3/c1-2-5-12-10-14(17)20-16(19-12)15-13-7-4-3-6-11(13)8-9-18-15/h3-4,6-10H,2,5H2,1H3. The maximum absolute atomic E-state index is 6.11. The van der Waals surface area contributed by atoms with E-state index in [4.69, 9.17) is 11.6 Å². The highest BCUT2D eigenvalue weighted by atomic mass is 35.5. The molecule has 4 heteroatoms. The molecule has 2 aromatic heterocycles. The van der Waals surface area contributed by atoms with E-state index in [-0.39, 0.29) is 0 Å². The summed E-state index contributed by atoms with van der Waals surface area (Å²) in [5.41, 5.74) is 1.74.